The minimum Gasteiger partial charge on any atom is -0.384 e. The Morgan fingerprint density at radius 2 is 2.07 bits per heavy atom. The number of hydrogen-bond acceptors (Lipinski definition) is 2. The summed E-state index contributed by atoms with van der Waals surface area (Å²) < 4.78 is 0. The number of aryl methyl sites for hydroxylation is 1. The average Bonchev–Trinajstić information content (AvgIpc) is 2.20. The summed E-state index contributed by atoms with van der Waals surface area (Å²) >= 11 is 5.78. The van der Waals surface area contributed by atoms with Gasteiger partial charge in [0.2, 0.25) is 0 Å². The fourth-order valence-corrected chi connectivity index (χ4v) is 1.68. The molecule has 0 saturated heterocycles. The summed E-state index contributed by atoms with van der Waals surface area (Å²) in [5.74, 6) is 0. The van der Waals surface area contributed by atoms with E-state index in [4.69, 9.17) is 11.6 Å². The molecule has 1 aromatic rings. The molecular formula is C12H19ClN2. The number of halogens is 1. The van der Waals surface area contributed by atoms with E-state index in [0.717, 1.165) is 17.9 Å². The van der Waals surface area contributed by atoms with Gasteiger partial charge in [-0.05, 0) is 25.5 Å². The number of aromatic nitrogens is 1. The van der Waals surface area contributed by atoms with Crippen LogP contribution in [0.4, 0.5) is 5.69 Å². The van der Waals surface area contributed by atoms with Gasteiger partial charge in [-0.25, -0.2) is 4.98 Å². The van der Waals surface area contributed by atoms with E-state index in [-0.39, 0.29) is 0 Å². The Kier molecular flexibility index (Phi) is 5.48. The molecule has 0 unspecified atom stereocenters. The summed E-state index contributed by atoms with van der Waals surface area (Å²) in [6, 6.07) is 3.81. The molecule has 2 nitrogen and oxygen atoms in total. The Labute approximate surface area is 97.1 Å². The van der Waals surface area contributed by atoms with Gasteiger partial charge in [0.25, 0.3) is 0 Å². The highest BCUT2D eigenvalue weighted by Gasteiger charge is 1.99. The van der Waals surface area contributed by atoms with Crippen LogP contribution in [0.3, 0.4) is 0 Å². The molecule has 0 aliphatic carbocycles. The smallest absolute Gasteiger partial charge is 0.129 e. The third-order valence-electron chi connectivity index (χ3n) is 2.40. The zero-order valence-corrected chi connectivity index (χ0v) is 10.3. The van der Waals surface area contributed by atoms with Crippen molar-refractivity contribution in [2.45, 2.75) is 39.5 Å². The van der Waals surface area contributed by atoms with E-state index in [0.29, 0.717) is 5.15 Å². The maximum absolute atomic E-state index is 5.78. The van der Waals surface area contributed by atoms with Gasteiger partial charge < -0.3 is 5.32 Å². The van der Waals surface area contributed by atoms with Crippen molar-refractivity contribution >= 4 is 17.3 Å². The summed E-state index contributed by atoms with van der Waals surface area (Å²) in [7, 11) is 0. The first-order valence-corrected chi connectivity index (χ1v) is 5.99. The maximum Gasteiger partial charge on any atom is 0.129 e. The van der Waals surface area contributed by atoms with E-state index in [1.807, 2.05) is 19.1 Å². The third-order valence-corrected chi connectivity index (χ3v) is 2.61. The number of anilines is 1. The lowest BCUT2D eigenvalue weighted by Gasteiger charge is -2.08. The maximum atomic E-state index is 5.78. The molecule has 15 heavy (non-hydrogen) atoms. The summed E-state index contributed by atoms with van der Waals surface area (Å²) in [6.45, 7) is 5.21. The van der Waals surface area contributed by atoms with Gasteiger partial charge in [-0.1, -0.05) is 37.8 Å². The van der Waals surface area contributed by atoms with Gasteiger partial charge in [-0.15, -0.1) is 0 Å². The van der Waals surface area contributed by atoms with E-state index in [1.54, 1.807) is 0 Å². The molecule has 1 rings (SSSR count). The molecule has 0 spiro atoms. The Morgan fingerprint density at radius 1 is 1.27 bits per heavy atom. The Balaban J connectivity index is 2.31. The normalized spacial score (nSPS) is 10.3. The quantitative estimate of drug-likeness (QED) is 0.585. The molecule has 0 aromatic carbocycles. The third kappa shape index (κ3) is 4.52. The molecule has 0 saturated carbocycles. The van der Waals surface area contributed by atoms with Crippen LogP contribution in [-0.4, -0.2) is 11.5 Å². The summed E-state index contributed by atoms with van der Waals surface area (Å²) in [5.41, 5.74) is 2.06. The molecule has 0 radical (unpaired) electrons. The van der Waals surface area contributed by atoms with Crippen molar-refractivity contribution in [3.63, 3.8) is 0 Å². The minimum absolute atomic E-state index is 0.559. The topological polar surface area (TPSA) is 24.9 Å². The lowest BCUT2D eigenvalue weighted by molar-refractivity contribution is 0.685. The molecule has 84 valence electrons. The SMILES string of the molecule is CCCCCCNc1ccc(Cl)nc1C. The first-order valence-electron chi connectivity index (χ1n) is 5.61. The first kappa shape index (κ1) is 12.3. The molecular weight excluding hydrogens is 208 g/mol. The Morgan fingerprint density at radius 3 is 2.73 bits per heavy atom. The van der Waals surface area contributed by atoms with Gasteiger partial charge in [0.1, 0.15) is 5.15 Å². The zero-order valence-electron chi connectivity index (χ0n) is 9.52. The standard InChI is InChI=1S/C12H19ClN2/c1-3-4-5-6-9-14-11-7-8-12(13)15-10(11)2/h7-8,14H,3-6,9H2,1-2H3. The first-order chi connectivity index (χ1) is 7.24. The zero-order chi connectivity index (χ0) is 11.1. The lowest BCUT2D eigenvalue weighted by Crippen LogP contribution is -2.03. The van der Waals surface area contributed by atoms with E-state index in [1.165, 1.54) is 25.7 Å². The molecule has 0 bridgehead atoms. The minimum atomic E-state index is 0.559. The van der Waals surface area contributed by atoms with Crippen LogP contribution in [0.2, 0.25) is 5.15 Å². The molecule has 3 heteroatoms. The van der Waals surface area contributed by atoms with E-state index in [2.05, 4.69) is 17.2 Å². The average molecular weight is 227 g/mol. The van der Waals surface area contributed by atoms with Gasteiger partial charge in [-0.3, -0.25) is 0 Å². The number of hydrogen-bond donors (Lipinski definition) is 1. The summed E-state index contributed by atoms with van der Waals surface area (Å²) in [6.07, 6.45) is 5.11. The molecule has 0 aliphatic heterocycles. The second-order valence-corrected chi connectivity index (χ2v) is 4.14. The van der Waals surface area contributed by atoms with Crippen molar-refractivity contribution < 1.29 is 0 Å². The van der Waals surface area contributed by atoms with Crippen molar-refractivity contribution in [3.8, 4) is 0 Å². The summed E-state index contributed by atoms with van der Waals surface area (Å²) in [4.78, 5) is 4.19. The van der Waals surface area contributed by atoms with E-state index >= 15 is 0 Å². The van der Waals surface area contributed by atoms with Gasteiger partial charge in [-0.2, -0.15) is 0 Å². The predicted molar refractivity (Wildman–Crippen MR) is 66.6 cm³/mol. The molecule has 1 N–H and O–H groups in total. The van der Waals surface area contributed by atoms with Crippen LogP contribution in [0.5, 0.6) is 0 Å². The second kappa shape index (κ2) is 6.67. The molecule has 1 aromatic heterocycles. The number of nitrogens with zero attached hydrogens (tertiary/aromatic N) is 1. The highest BCUT2D eigenvalue weighted by molar-refractivity contribution is 6.29. The van der Waals surface area contributed by atoms with Gasteiger partial charge in [0.05, 0.1) is 11.4 Å². The van der Waals surface area contributed by atoms with Crippen LogP contribution in [0.1, 0.15) is 38.3 Å². The molecule has 0 atom stereocenters. The predicted octanol–water partition coefficient (Wildman–Crippen LogP) is 4.04. The van der Waals surface area contributed by atoms with Crippen molar-refractivity contribution in [3.05, 3.63) is 23.0 Å². The van der Waals surface area contributed by atoms with Gasteiger partial charge in [0, 0.05) is 6.54 Å². The lowest BCUT2D eigenvalue weighted by atomic mass is 10.2. The monoisotopic (exact) mass is 226 g/mol. The van der Waals surface area contributed by atoms with Crippen LogP contribution in [0.25, 0.3) is 0 Å². The van der Waals surface area contributed by atoms with Crippen molar-refractivity contribution in [2.75, 3.05) is 11.9 Å². The Bertz CT molecular complexity index is 300. The number of rotatable bonds is 6. The fraction of sp³-hybridized carbons (Fsp3) is 0.583. The molecule has 0 amide bonds. The van der Waals surface area contributed by atoms with E-state index in [9.17, 15) is 0 Å². The highest BCUT2D eigenvalue weighted by Crippen LogP contribution is 2.15. The number of unbranched alkanes of at least 4 members (excludes halogenated alkanes) is 3. The van der Waals surface area contributed by atoms with Crippen LogP contribution < -0.4 is 5.32 Å². The van der Waals surface area contributed by atoms with Crippen molar-refractivity contribution in [2.24, 2.45) is 0 Å². The van der Waals surface area contributed by atoms with Crippen LogP contribution in [-0.2, 0) is 0 Å². The van der Waals surface area contributed by atoms with Crippen LogP contribution >= 0.6 is 11.6 Å². The Hall–Kier alpha value is -0.760. The summed E-state index contributed by atoms with van der Waals surface area (Å²) in [5, 5.41) is 3.94. The number of nitrogens with one attached hydrogen (secondary N) is 1. The molecule has 0 fully saturated rings. The molecule has 1 heterocycles. The highest BCUT2D eigenvalue weighted by atomic mass is 35.5. The fourth-order valence-electron chi connectivity index (χ4n) is 1.49. The van der Waals surface area contributed by atoms with Crippen LogP contribution in [0.15, 0.2) is 12.1 Å². The van der Waals surface area contributed by atoms with Gasteiger partial charge >= 0.3 is 0 Å². The van der Waals surface area contributed by atoms with Crippen LogP contribution in [0, 0.1) is 6.92 Å². The second-order valence-electron chi connectivity index (χ2n) is 3.75. The van der Waals surface area contributed by atoms with Crippen molar-refractivity contribution in [1.82, 2.24) is 4.98 Å². The molecule has 0 aliphatic rings. The van der Waals surface area contributed by atoms with E-state index < -0.39 is 0 Å². The number of pyridine rings is 1. The van der Waals surface area contributed by atoms with Crippen molar-refractivity contribution in [1.29, 1.82) is 0 Å². The largest absolute Gasteiger partial charge is 0.384 e. The van der Waals surface area contributed by atoms with Gasteiger partial charge in [0.15, 0.2) is 0 Å².